The van der Waals surface area contributed by atoms with Crippen molar-refractivity contribution in [3.8, 4) is 0 Å². The van der Waals surface area contributed by atoms with Crippen molar-refractivity contribution in [2.24, 2.45) is 0 Å². The Hall–Kier alpha value is -1.22. The number of carbonyl (C=O) groups is 1. The van der Waals surface area contributed by atoms with Gasteiger partial charge in [-0.2, -0.15) is 0 Å². The average Bonchev–Trinajstić information content (AvgIpc) is 2.55. The number of hydrogen-bond acceptors (Lipinski definition) is 3. The Morgan fingerprint density at radius 3 is 2.93 bits per heavy atom. The second-order valence-corrected chi connectivity index (χ2v) is 4.02. The van der Waals surface area contributed by atoms with Gasteiger partial charge in [-0.25, -0.2) is 0 Å². The first kappa shape index (κ1) is 9.34. The summed E-state index contributed by atoms with van der Waals surface area (Å²) in [6.45, 7) is 2.98. The molecule has 1 aliphatic rings. The van der Waals surface area contributed by atoms with Crippen molar-refractivity contribution in [1.29, 1.82) is 0 Å². The molecule has 2 rings (SSSR count). The van der Waals surface area contributed by atoms with Crippen molar-refractivity contribution >= 4 is 23.7 Å². The molecular weight excluding hydrogens is 194 g/mol. The van der Waals surface area contributed by atoms with E-state index >= 15 is 0 Å². The van der Waals surface area contributed by atoms with E-state index in [1.165, 1.54) is 10.6 Å². The third-order valence-electron chi connectivity index (χ3n) is 2.16. The molecule has 0 saturated carbocycles. The van der Waals surface area contributed by atoms with Crippen LogP contribution in [-0.4, -0.2) is 12.8 Å². The highest BCUT2D eigenvalue weighted by Gasteiger charge is 2.22. The highest BCUT2D eigenvalue weighted by atomic mass is 32.2. The predicted molar refractivity (Wildman–Crippen MR) is 59.5 cm³/mol. The molecule has 0 fully saturated rings. The third-order valence-corrected chi connectivity index (χ3v) is 3.29. The van der Waals surface area contributed by atoms with Crippen LogP contribution in [0.25, 0.3) is 0 Å². The summed E-state index contributed by atoms with van der Waals surface area (Å²) in [5.41, 5.74) is 1.20. The standard InChI is InChI=1S/C11H11NOS/c1-2-12-9-5-3-4-6-10(9)14-11(12)7-8-13/h3-8H,2H2,1H3/b11-7+. The molecule has 0 radical (unpaired) electrons. The average molecular weight is 205 g/mol. The second-order valence-electron chi connectivity index (χ2n) is 2.96. The molecule has 0 aliphatic carbocycles. The lowest BCUT2D eigenvalue weighted by molar-refractivity contribution is -0.104. The molecular formula is C11H11NOS. The Labute approximate surface area is 87.6 Å². The Balaban J connectivity index is 2.43. The first-order valence-corrected chi connectivity index (χ1v) is 5.38. The Kier molecular flexibility index (Phi) is 2.59. The highest BCUT2D eigenvalue weighted by molar-refractivity contribution is 8.03. The SMILES string of the molecule is CCN1/C(=C\C=O)Sc2ccccc21. The molecule has 0 bridgehead atoms. The van der Waals surface area contributed by atoms with Gasteiger partial charge in [0.25, 0.3) is 0 Å². The number of hydrogen-bond donors (Lipinski definition) is 0. The summed E-state index contributed by atoms with van der Waals surface area (Å²) in [4.78, 5) is 13.8. The Morgan fingerprint density at radius 2 is 2.21 bits per heavy atom. The fourth-order valence-electron chi connectivity index (χ4n) is 1.56. The molecule has 0 aromatic heterocycles. The van der Waals surface area contributed by atoms with E-state index < -0.39 is 0 Å². The highest BCUT2D eigenvalue weighted by Crippen LogP contribution is 2.45. The van der Waals surface area contributed by atoms with Crippen LogP contribution >= 0.6 is 11.8 Å². The minimum Gasteiger partial charge on any atom is -0.335 e. The summed E-state index contributed by atoms with van der Waals surface area (Å²) < 4.78 is 0. The molecule has 2 nitrogen and oxygen atoms in total. The summed E-state index contributed by atoms with van der Waals surface area (Å²) in [5.74, 6) is 0. The molecule has 0 atom stereocenters. The topological polar surface area (TPSA) is 20.3 Å². The molecule has 0 amide bonds. The molecule has 1 aromatic rings. The van der Waals surface area contributed by atoms with Crippen molar-refractivity contribution in [3.63, 3.8) is 0 Å². The number of allylic oxidation sites excluding steroid dienone is 1. The van der Waals surface area contributed by atoms with Crippen molar-refractivity contribution < 1.29 is 4.79 Å². The van der Waals surface area contributed by atoms with Gasteiger partial charge in [0.15, 0.2) is 0 Å². The number of carbonyl (C=O) groups excluding carboxylic acids is 1. The number of aldehydes is 1. The van der Waals surface area contributed by atoms with Crippen LogP contribution < -0.4 is 4.90 Å². The van der Waals surface area contributed by atoms with Gasteiger partial charge >= 0.3 is 0 Å². The van der Waals surface area contributed by atoms with E-state index in [2.05, 4.69) is 24.0 Å². The summed E-state index contributed by atoms with van der Waals surface area (Å²) in [6, 6.07) is 8.20. The molecule has 1 heterocycles. The van der Waals surface area contributed by atoms with E-state index in [0.717, 1.165) is 17.9 Å². The fraction of sp³-hybridized carbons (Fsp3) is 0.182. The van der Waals surface area contributed by atoms with E-state index in [0.29, 0.717) is 0 Å². The molecule has 1 aliphatic heterocycles. The van der Waals surface area contributed by atoms with Crippen LogP contribution in [-0.2, 0) is 4.79 Å². The van der Waals surface area contributed by atoms with Crippen LogP contribution in [0.2, 0.25) is 0 Å². The number of para-hydroxylation sites is 1. The molecule has 0 saturated heterocycles. The van der Waals surface area contributed by atoms with Gasteiger partial charge in [0.05, 0.1) is 10.7 Å². The summed E-state index contributed by atoms with van der Waals surface area (Å²) in [5, 5.41) is 1.02. The first-order chi connectivity index (χ1) is 6.86. The smallest absolute Gasteiger partial charge is 0.145 e. The van der Waals surface area contributed by atoms with Gasteiger partial charge in [-0.1, -0.05) is 23.9 Å². The largest absolute Gasteiger partial charge is 0.335 e. The first-order valence-electron chi connectivity index (χ1n) is 4.56. The number of nitrogens with zero attached hydrogens (tertiary/aromatic N) is 1. The van der Waals surface area contributed by atoms with E-state index in [1.807, 2.05) is 12.1 Å². The van der Waals surface area contributed by atoms with Gasteiger partial charge < -0.3 is 4.90 Å². The van der Waals surface area contributed by atoms with Crippen LogP contribution in [0.1, 0.15) is 6.92 Å². The molecule has 0 N–H and O–H groups in total. The molecule has 14 heavy (non-hydrogen) atoms. The minimum atomic E-state index is 0.844. The molecule has 1 aromatic carbocycles. The van der Waals surface area contributed by atoms with Crippen LogP contribution in [0.3, 0.4) is 0 Å². The zero-order valence-corrected chi connectivity index (χ0v) is 8.75. The van der Waals surface area contributed by atoms with Gasteiger partial charge in [-0.15, -0.1) is 0 Å². The van der Waals surface area contributed by atoms with E-state index in [9.17, 15) is 4.79 Å². The number of anilines is 1. The van der Waals surface area contributed by atoms with Crippen molar-refractivity contribution in [2.75, 3.05) is 11.4 Å². The number of fused-ring (bicyclic) bond motifs is 1. The third kappa shape index (κ3) is 1.44. The van der Waals surface area contributed by atoms with Gasteiger partial charge in [-0.3, -0.25) is 4.79 Å². The zero-order valence-electron chi connectivity index (χ0n) is 7.93. The Bertz CT molecular complexity index is 387. The normalized spacial score (nSPS) is 17.2. The van der Waals surface area contributed by atoms with E-state index in [-0.39, 0.29) is 0 Å². The second kappa shape index (κ2) is 3.88. The molecule has 3 heteroatoms. The lowest BCUT2D eigenvalue weighted by Crippen LogP contribution is -2.16. The summed E-state index contributed by atoms with van der Waals surface area (Å²) in [7, 11) is 0. The summed E-state index contributed by atoms with van der Waals surface area (Å²) >= 11 is 1.65. The minimum absolute atomic E-state index is 0.844. The number of benzene rings is 1. The van der Waals surface area contributed by atoms with Crippen molar-refractivity contribution in [2.45, 2.75) is 11.8 Å². The zero-order chi connectivity index (χ0) is 9.97. The molecule has 72 valence electrons. The number of thioether (sulfide) groups is 1. The predicted octanol–water partition coefficient (Wildman–Crippen LogP) is 2.66. The van der Waals surface area contributed by atoms with Gasteiger partial charge in [0, 0.05) is 17.5 Å². The lowest BCUT2D eigenvalue weighted by Gasteiger charge is -2.16. The monoisotopic (exact) mass is 205 g/mol. The van der Waals surface area contributed by atoms with Gasteiger partial charge in [0.1, 0.15) is 6.29 Å². The maximum Gasteiger partial charge on any atom is 0.145 e. The Morgan fingerprint density at radius 1 is 1.43 bits per heavy atom. The lowest BCUT2D eigenvalue weighted by atomic mass is 10.3. The van der Waals surface area contributed by atoms with Crippen LogP contribution in [0, 0.1) is 0 Å². The van der Waals surface area contributed by atoms with E-state index in [1.54, 1.807) is 17.8 Å². The maximum absolute atomic E-state index is 10.5. The van der Waals surface area contributed by atoms with Gasteiger partial charge in [-0.05, 0) is 19.1 Å². The van der Waals surface area contributed by atoms with Crippen LogP contribution in [0.4, 0.5) is 5.69 Å². The van der Waals surface area contributed by atoms with Crippen molar-refractivity contribution in [3.05, 3.63) is 35.4 Å². The van der Waals surface area contributed by atoms with Crippen LogP contribution in [0.15, 0.2) is 40.3 Å². The van der Waals surface area contributed by atoms with Gasteiger partial charge in [0.2, 0.25) is 0 Å². The maximum atomic E-state index is 10.5. The van der Waals surface area contributed by atoms with Crippen LogP contribution in [0.5, 0.6) is 0 Å². The molecule has 0 spiro atoms. The number of rotatable bonds is 2. The summed E-state index contributed by atoms with van der Waals surface area (Å²) in [6.07, 6.45) is 2.46. The fourth-order valence-corrected chi connectivity index (χ4v) is 2.68. The van der Waals surface area contributed by atoms with E-state index in [4.69, 9.17) is 0 Å². The van der Waals surface area contributed by atoms with Crippen molar-refractivity contribution in [1.82, 2.24) is 0 Å². The molecule has 0 unspecified atom stereocenters. The quantitative estimate of drug-likeness (QED) is 0.547.